The van der Waals surface area contributed by atoms with Crippen LogP contribution in [0.25, 0.3) is 0 Å². The second-order valence-electron chi connectivity index (χ2n) is 4.15. The summed E-state index contributed by atoms with van der Waals surface area (Å²) in [7, 11) is 3.50. The summed E-state index contributed by atoms with van der Waals surface area (Å²) >= 11 is 4.94. The highest BCUT2D eigenvalue weighted by molar-refractivity contribution is 7.71. The van der Waals surface area contributed by atoms with E-state index in [0.29, 0.717) is 16.0 Å². The fraction of sp³-hybridized carbons (Fsp3) is 0.182. The highest BCUT2D eigenvalue weighted by Crippen LogP contribution is 2.27. The van der Waals surface area contributed by atoms with Gasteiger partial charge in [-0.3, -0.25) is 15.2 Å². The third-order valence-electron chi connectivity index (χ3n) is 2.54. The molecule has 1 heterocycles. The molecule has 0 spiro atoms. The number of aromatic nitrogens is 3. The number of benzene rings is 1. The van der Waals surface area contributed by atoms with Crippen LogP contribution < -0.4 is 4.90 Å². The number of aromatic amines is 1. The van der Waals surface area contributed by atoms with Crippen LogP contribution in [-0.2, 0) is 0 Å². The van der Waals surface area contributed by atoms with Crippen molar-refractivity contribution in [1.29, 1.82) is 0 Å². The average Bonchev–Trinajstić information content (AvgIpc) is 2.81. The lowest BCUT2D eigenvalue weighted by Crippen LogP contribution is -2.11. The summed E-state index contributed by atoms with van der Waals surface area (Å²) in [6, 6.07) is 4.88. The molecule has 1 aromatic heterocycles. The van der Waals surface area contributed by atoms with Crippen molar-refractivity contribution in [1.82, 2.24) is 14.9 Å². The van der Waals surface area contributed by atoms with E-state index < -0.39 is 4.92 Å². The van der Waals surface area contributed by atoms with E-state index in [1.54, 1.807) is 31.1 Å². The lowest BCUT2D eigenvalue weighted by Gasteiger charge is -2.12. The molecular weight excluding hydrogens is 280 g/mol. The Morgan fingerprint density at radius 1 is 1.55 bits per heavy atom. The number of nitro groups is 1. The maximum absolute atomic E-state index is 11.1. The minimum Gasteiger partial charge on any atom is -0.372 e. The normalized spacial score (nSPS) is 10.9. The SMILES string of the molecule is CN(C)c1ccc(/C=N\n2cn[nH]c2=S)cc1[N+](=O)[O-]. The Bertz CT molecular complexity index is 718. The van der Waals surface area contributed by atoms with E-state index in [9.17, 15) is 10.1 Å². The quantitative estimate of drug-likeness (QED) is 0.401. The minimum atomic E-state index is -0.420. The first-order valence-corrected chi connectivity index (χ1v) is 6.02. The maximum atomic E-state index is 11.1. The molecule has 0 bridgehead atoms. The van der Waals surface area contributed by atoms with E-state index in [2.05, 4.69) is 15.3 Å². The van der Waals surface area contributed by atoms with E-state index in [4.69, 9.17) is 12.2 Å². The van der Waals surface area contributed by atoms with E-state index in [1.165, 1.54) is 23.3 Å². The van der Waals surface area contributed by atoms with Crippen molar-refractivity contribution in [2.24, 2.45) is 5.10 Å². The molecule has 2 aromatic rings. The van der Waals surface area contributed by atoms with Gasteiger partial charge in [-0.05, 0) is 18.3 Å². The molecule has 0 aliphatic rings. The first-order valence-electron chi connectivity index (χ1n) is 5.61. The van der Waals surface area contributed by atoms with Gasteiger partial charge in [0.1, 0.15) is 12.0 Å². The molecule has 0 unspecified atom stereocenters. The van der Waals surface area contributed by atoms with Gasteiger partial charge in [-0.1, -0.05) is 6.07 Å². The molecular formula is C11H12N6O2S. The number of H-pyrrole nitrogens is 1. The van der Waals surface area contributed by atoms with Crippen LogP contribution in [0.3, 0.4) is 0 Å². The molecule has 1 N–H and O–H groups in total. The third-order valence-corrected chi connectivity index (χ3v) is 2.82. The zero-order valence-electron chi connectivity index (χ0n) is 10.8. The lowest BCUT2D eigenvalue weighted by atomic mass is 10.2. The number of nitrogens with one attached hydrogen (secondary N) is 1. The smallest absolute Gasteiger partial charge is 0.293 e. The number of rotatable bonds is 4. The van der Waals surface area contributed by atoms with Crippen LogP contribution in [-0.4, -0.2) is 40.1 Å². The molecule has 1 aromatic carbocycles. The monoisotopic (exact) mass is 292 g/mol. The predicted molar refractivity (Wildman–Crippen MR) is 77.8 cm³/mol. The van der Waals surface area contributed by atoms with Gasteiger partial charge in [0.15, 0.2) is 0 Å². The number of hydrogen-bond donors (Lipinski definition) is 1. The van der Waals surface area contributed by atoms with Crippen LogP contribution in [0.5, 0.6) is 0 Å². The van der Waals surface area contributed by atoms with Crippen molar-refractivity contribution in [3.05, 3.63) is 45.0 Å². The highest BCUT2D eigenvalue weighted by atomic mass is 32.1. The zero-order chi connectivity index (χ0) is 14.7. The Labute approximate surface area is 119 Å². The van der Waals surface area contributed by atoms with E-state index in [1.807, 2.05) is 0 Å². The van der Waals surface area contributed by atoms with E-state index in [0.717, 1.165) is 0 Å². The molecule has 0 saturated carbocycles. The van der Waals surface area contributed by atoms with Gasteiger partial charge in [-0.15, -0.1) is 0 Å². The fourth-order valence-electron chi connectivity index (χ4n) is 1.60. The second kappa shape index (κ2) is 5.61. The summed E-state index contributed by atoms with van der Waals surface area (Å²) < 4.78 is 1.71. The van der Waals surface area contributed by atoms with Crippen molar-refractivity contribution in [2.75, 3.05) is 19.0 Å². The Morgan fingerprint density at radius 2 is 2.30 bits per heavy atom. The standard InChI is InChI=1S/C11H12N6O2S/c1-15(2)9-4-3-8(5-10(9)17(18)19)6-13-16-7-12-14-11(16)20/h3-7H,1-2H3,(H,14,20)/b13-6-. The first kappa shape index (κ1) is 13.9. The molecule has 9 heteroatoms. The molecule has 0 atom stereocenters. The molecule has 8 nitrogen and oxygen atoms in total. The van der Waals surface area contributed by atoms with Crippen molar-refractivity contribution in [3.8, 4) is 0 Å². The van der Waals surface area contributed by atoms with Crippen LogP contribution in [0, 0.1) is 14.9 Å². The summed E-state index contributed by atoms with van der Waals surface area (Å²) in [6.07, 6.45) is 2.90. The molecule has 20 heavy (non-hydrogen) atoms. The molecule has 0 aliphatic heterocycles. The number of anilines is 1. The van der Waals surface area contributed by atoms with Crippen LogP contribution in [0.4, 0.5) is 11.4 Å². The van der Waals surface area contributed by atoms with Crippen LogP contribution in [0.15, 0.2) is 29.6 Å². The van der Waals surface area contributed by atoms with Gasteiger partial charge in [0, 0.05) is 25.7 Å². The van der Waals surface area contributed by atoms with Gasteiger partial charge in [-0.25, -0.2) is 0 Å². The summed E-state index contributed by atoms with van der Waals surface area (Å²) in [5.74, 6) is 0. The van der Waals surface area contributed by atoms with Gasteiger partial charge in [0.2, 0.25) is 4.77 Å². The molecule has 0 amide bonds. The van der Waals surface area contributed by atoms with Crippen molar-refractivity contribution in [3.63, 3.8) is 0 Å². The Morgan fingerprint density at radius 3 is 2.85 bits per heavy atom. The summed E-state index contributed by atoms with van der Waals surface area (Å²) in [4.78, 5) is 12.3. The highest BCUT2D eigenvalue weighted by Gasteiger charge is 2.15. The topological polar surface area (TPSA) is 92.3 Å². The Hall–Kier alpha value is -2.55. The summed E-state index contributed by atoms with van der Waals surface area (Å²) in [5.41, 5.74) is 1.16. The number of nitrogens with zero attached hydrogens (tertiary/aromatic N) is 5. The molecule has 0 fully saturated rings. The average molecular weight is 292 g/mol. The minimum absolute atomic E-state index is 0.0229. The molecule has 104 valence electrons. The maximum Gasteiger partial charge on any atom is 0.293 e. The van der Waals surface area contributed by atoms with Gasteiger partial charge in [0.05, 0.1) is 11.1 Å². The van der Waals surface area contributed by atoms with Gasteiger partial charge >= 0.3 is 0 Å². The largest absolute Gasteiger partial charge is 0.372 e. The van der Waals surface area contributed by atoms with Gasteiger partial charge < -0.3 is 4.90 Å². The van der Waals surface area contributed by atoms with Crippen molar-refractivity contribution in [2.45, 2.75) is 0 Å². The fourth-order valence-corrected chi connectivity index (χ4v) is 1.75. The molecule has 0 saturated heterocycles. The molecule has 0 radical (unpaired) electrons. The van der Waals surface area contributed by atoms with E-state index >= 15 is 0 Å². The summed E-state index contributed by atoms with van der Waals surface area (Å²) in [5, 5.41) is 21.4. The zero-order valence-corrected chi connectivity index (χ0v) is 11.7. The Kier molecular flexibility index (Phi) is 3.89. The van der Waals surface area contributed by atoms with E-state index in [-0.39, 0.29) is 5.69 Å². The number of hydrogen-bond acceptors (Lipinski definition) is 6. The lowest BCUT2D eigenvalue weighted by molar-refractivity contribution is -0.384. The van der Waals surface area contributed by atoms with Crippen molar-refractivity contribution >= 4 is 29.8 Å². The number of nitro benzene ring substituents is 1. The third kappa shape index (κ3) is 2.88. The van der Waals surface area contributed by atoms with Crippen LogP contribution in [0.1, 0.15) is 5.56 Å². The van der Waals surface area contributed by atoms with Crippen molar-refractivity contribution < 1.29 is 4.92 Å². The summed E-state index contributed by atoms with van der Waals surface area (Å²) in [6.45, 7) is 0. The second-order valence-corrected chi connectivity index (χ2v) is 4.54. The van der Waals surface area contributed by atoms with Gasteiger partial charge in [0.25, 0.3) is 5.69 Å². The van der Waals surface area contributed by atoms with Crippen LogP contribution in [0.2, 0.25) is 0 Å². The van der Waals surface area contributed by atoms with Gasteiger partial charge in [-0.2, -0.15) is 14.9 Å². The molecule has 0 aliphatic carbocycles. The molecule has 2 rings (SSSR count). The Balaban J connectivity index is 2.37. The predicted octanol–water partition coefficient (Wildman–Crippen LogP) is 1.80. The first-order chi connectivity index (χ1) is 9.49. The van der Waals surface area contributed by atoms with Crippen LogP contribution >= 0.6 is 12.2 Å².